The average molecular weight is 621 g/mol. The highest BCUT2D eigenvalue weighted by atomic mass is 16.5. The van der Waals surface area contributed by atoms with Crippen LogP contribution in [-0.2, 0) is 7.05 Å². The smallest absolute Gasteiger partial charge is 0.272 e. The lowest BCUT2D eigenvalue weighted by atomic mass is 9.89. The highest BCUT2D eigenvalue weighted by molar-refractivity contribution is 6.08. The van der Waals surface area contributed by atoms with Crippen LogP contribution in [0.3, 0.4) is 0 Å². The molecule has 9 nitrogen and oxygen atoms in total. The molecule has 2 fully saturated rings. The highest BCUT2D eigenvalue weighted by Crippen LogP contribution is 2.41. The maximum atomic E-state index is 13.5. The number of carbonyl (C=O) groups is 1. The predicted octanol–water partition coefficient (Wildman–Crippen LogP) is 6.50. The topological polar surface area (TPSA) is 76.8 Å². The zero-order valence-corrected chi connectivity index (χ0v) is 27.5. The molecule has 1 N–H and O–H groups in total. The van der Waals surface area contributed by atoms with E-state index in [1.165, 1.54) is 62.8 Å². The molecule has 46 heavy (non-hydrogen) atoms. The Hall–Kier alpha value is -4.34. The number of methoxy groups -OCH3 is 2. The first kappa shape index (κ1) is 30.3. The molecule has 5 aromatic rings. The van der Waals surface area contributed by atoms with Gasteiger partial charge in [0, 0.05) is 79.7 Å². The number of fused-ring (bicyclic) bond motifs is 2. The molecule has 3 aromatic heterocycles. The number of anilines is 1. The molecule has 2 aliphatic rings. The van der Waals surface area contributed by atoms with Gasteiger partial charge in [-0.15, -0.1) is 0 Å². The second kappa shape index (κ2) is 12.5. The summed E-state index contributed by atoms with van der Waals surface area (Å²) in [5, 5.41) is 5.15. The zero-order valence-electron chi connectivity index (χ0n) is 27.5. The summed E-state index contributed by atoms with van der Waals surface area (Å²) in [7, 11) is 7.40. The quantitative estimate of drug-likeness (QED) is 0.224. The van der Waals surface area contributed by atoms with Crippen molar-refractivity contribution in [2.24, 2.45) is 7.05 Å². The van der Waals surface area contributed by atoms with Crippen LogP contribution in [0, 0.1) is 6.92 Å². The van der Waals surface area contributed by atoms with Crippen molar-refractivity contribution >= 4 is 33.4 Å². The molecular formula is C37H44N6O3. The van der Waals surface area contributed by atoms with Crippen molar-refractivity contribution in [1.29, 1.82) is 0 Å². The molecule has 1 aliphatic carbocycles. The number of aromatic nitrogens is 3. The number of pyridine rings is 1. The number of piperazine rings is 1. The molecule has 0 unspecified atom stereocenters. The lowest BCUT2D eigenvalue weighted by Crippen LogP contribution is -2.49. The monoisotopic (exact) mass is 620 g/mol. The first-order valence-electron chi connectivity index (χ1n) is 16.4. The number of hydrogen-bond acceptors (Lipinski definition) is 6. The van der Waals surface area contributed by atoms with Crippen LogP contribution in [0.5, 0.6) is 11.5 Å². The van der Waals surface area contributed by atoms with Crippen LogP contribution in [-0.4, -0.2) is 83.3 Å². The fourth-order valence-corrected chi connectivity index (χ4v) is 7.66. The molecule has 240 valence electrons. The molecule has 0 bridgehead atoms. The van der Waals surface area contributed by atoms with E-state index in [4.69, 9.17) is 9.47 Å². The molecule has 1 saturated carbocycles. The predicted molar refractivity (Wildman–Crippen MR) is 184 cm³/mol. The number of ether oxygens (including phenoxy) is 2. The van der Waals surface area contributed by atoms with Crippen LogP contribution in [0.4, 0.5) is 5.69 Å². The van der Waals surface area contributed by atoms with Gasteiger partial charge in [0.2, 0.25) is 0 Å². The van der Waals surface area contributed by atoms with E-state index in [2.05, 4.69) is 57.0 Å². The number of carbonyl (C=O) groups excluding carboxylic acids is 1. The molecule has 1 saturated heterocycles. The van der Waals surface area contributed by atoms with Crippen LogP contribution < -0.4 is 14.8 Å². The molecule has 1 aliphatic heterocycles. The zero-order chi connectivity index (χ0) is 31.9. The molecule has 1 amide bonds. The molecule has 4 heterocycles. The average Bonchev–Trinajstić information content (AvgIpc) is 3.64. The SMILES string of the molecule is COc1cc(-c2cn(C3CCC(N4CCN(C)CC4)CC3)c3ccnc(C)c23)ccc1NC(=O)c1cc2c(OC)cccc2n1C. The Bertz CT molecular complexity index is 1890. The minimum atomic E-state index is -0.212. The Kier molecular flexibility index (Phi) is 8.21. The molecule has 0 atom stereocenters. The number of aryl methyl sites for hydroxylation is 2. The number of likely N-dealkylation sites (N-methyl/N-ethyl adjacent to an activating group) is 1. The Morgan fingerprint density at radius 3 is 2.35 bits per heavy atom. The van der Waals surface area contributed by atoms with E-state index in [1.54, 1.807) is 14.2 Å². The second-order valence-electron chi connectivity index (χ2n) is 12.9. The first-order chi connectivity index (χ1) is 22.4. The van der Waals surface area contributed by atoms with E-state index in [0.29, 0.717) is 29.2 Å². The Morgan fingerprint density at radius 2 is 1.61 bits per heavy atom. The van der Waals surface area contributed by atoms with Gasteiger partial charge in [-0.2, -0.15) is 0 Å². The Morgan fingerprint density at radius 1 is 0.870 bits per heavy atom. The van der Waals surface area contributed by atoms with Gasteiger partial charge in [-0.05, 0) is 81.6 Å². The van der Waals surface area contributed by atoms with Gasteiger partial charge < -0.3 is 28.8 Å². The maximum absolute atomic E-state index is 13.5. The van der Waals surface area contributed by atoms with Crippen LogP contribution in [0.15, 0.2) is 60.9 Å². The number of benzene rings is 2. The van der Waals surface area contributed by atoms with Crippen molar-refractivity contribution in [3.63, 3.8) is 0 Å². The lowest BCUT2D eigenvalue weighted by molar-refractivity contribution is 0.0828. The summed E-state index contributed by atoms with van der Waals surface area (Å²) >= 11 is 0. The van der Waals surface area contributed by atoms with E-state index in [1.807, 2.05) is 54.2 Å². The summed E-state index contributed by atoms with van der Waals surface area (Å²) in [5.74, 6) is 1.13. The molecule has 9 heteroatoms. The first-order valence-corrected chi connectivity index (χ1v) is 16.4. The number of rotatable bonds is 7. The van der Waals surface area contributed by atoms with E-state index in [0.717, 1.165) is 33.5 Å². The summed E-state index contributed by atoms with van der Waals surface area (Å²) in [6, 6.07) is 17.0. The van der Waals surface area contributed by atoms with Crippen molar-refractivity contribution in [3.8, 4) is 22.6 Å². The van der Waals surface area contributed by atoms with Crippen LogP contribution in [0.1, 0.15) is 47.9 Å². The highest BCUT2D eigenvalue weighted by Gasteiger charge is 2.29. The minimum absolute atomic E-state index is 0.212. The largest absolute Gasteiger partial charge is 0.496 e. The molecule has 7 rings (SSSR count). The fraction of sp³-hybridized carbons (Fsp3) is 0.405. The van der Waals surface area contributed by atoms with Gasteiger partial charge in [-0.1, -0.05) is 12.1 Å². The Labute approximate surface area is 270 Å². The summed E-state index contributed by atoms with van der Waals surface area (Å²) in [6.07, 6.45) is 9.07. The molecule has 0 spiro atoms. The Balaban J connectivity index is 1.15. The summed E-state index contributed by atoms with van der Waals surface area (Å²) in [6.45, 7) is 6.79. The van der Waals surface area contributed by atoms with Gasteiger partial charge in [-0.3, -0.25) is 14.7 Å². The van der Waals surface area contributed by atoms with E-state index in [9.17, 15) is 4.79 Å². The van der Waals surface area contributed by atoms with Gasteiger partial charge in [0.25, 0.3) is 5.91 Å². The normalized spacial score (nSPS) is 19.5. The van der Waals surface area contributed by atoms with Gasteiger partial charge in [-0.25, -0.2) is 0 Å². The van der Waals surface area contributed by atoms with Crippen molar-refractivity contribution in [2.75, 3.05) is 52.8 Å². The molecular weight excluding hydrogens is 576 g/mol. The molecule has 0 radical (unpaired) electrons. The van der Waals surface area contributed by atoms with Gasteiger partial charge in [0.15, 0.2) is 0 Å². The third-order valence-electron chi connectivity index (χ3n) is 10.3. The van der Waals surface area contributed by atoms with E-state index >= 15 is 0 Å². The van der Waals surface area contributed by atoms with Crippen molar-refractivity contribution in [3.05, 3.63) is 72.3 Å². The summed E-state index contributed by atoms with van der Waals surface area (Å²) in [5.41, 5.74) is 6.51. The lowest BCUT2D eigenvalue weighted by Gasteiger charge is -2.41. The fourth-order valence-electron chi connectivity index (χ4n) is 7.66. The van der Waals surface area contributed by atoms with Crippen molar-refractivity contribution in [2.45, 2.75) is 44.7 Å². The van der Waals surface area contributed by atoms with Crippen molar-refractivity contribution in [1.82, 2.24) is 23.9 Å². The van der Waals surface area contributed by atoms with E-state index in [-0.39, 0.29) is 5.91 Å². The summed E-state index contributed by atoms with van der Waals surface area (Å²) < 4.78 is 15.7. The standard InChI is InChI=1S/C37H44N6O3/c1-24-36-29(23-43(32(36)15-16-38-24)27-12-10-26(11-13-27)42-19-17-40(2)18-20-42)25-9-14-30(35(21-25)46-5)39-37(44)33-22-28-31(41(33)3)7-6-8-34(28)45-4/h6-9,14-16,21-23,26-27H,10-13,17-20H2,1-5H3,(H,39,44). The third-order valence-corrected chi connectivity index (χ3v) is 10.3. The van der Waals surface area contributed by atoms with Crippen LogP contribution in [0.25, 0.3) is 32.9 Å². The summed E-state index contributed by atoms with van der Waals surface area (Å²) in [4.78, 5) is 23.3. The molecule has 2 aromatic carbocycles. The van der Waals surface area contributed by atoms with Gasteiger partial charge >= 0.3 is 0 Å². The third kappa shape index (κ3) is 5.41. The minimum Gasteiger partial charge on any atom is -0.496 e. The number of nitrogens with zero attached hydrogens (tertiary/aromatic N) is 5. The van der Waals surface area contributed by atoms with Crippen molar-refractivity contribution < 1.29 is 14.3 Å². The van der Waals surface area contributed by atoms with E-state index < -0.39 is 0 Å². The van der Waals surface area contributed by atoms with Crippen LogP contribution >= 0.6 is 0 Å². The maximum Gasteiger partial charge on any atom is 0.272 e. The van der Waals surface area contributed by atoms with Gasteiger partial charge in [0.05, 0.1) is 30.9 Å². The second-order valence-corrected chi connectivity index (χ2v) is 12.9. The number of nitrogens with one attached hydrogen (secondary N) is 1. The number of hydrogen-bond donors (Lipinski definition) is 1. The number of amides is 1. The van der Waals surface area contributed by atoms with Gasteiger partial charge in [0.1, 0.15) is 17.2 Å². The van der Waals surface area contributed by atoms with Crippen LogP contribution in [0.2, 0.25) is 0 Å².